The summed E-state index contributed by atoms with van der Waals surface area (Å²) >= 11 is 1.48. The molecule has 0 aliphatic carbocycles. The molecule has 1 aliphatic rings. The number of carbonyl (C=O) groups is 3. The molecule has 1 aliphatic heterocycles. The lowest BCUT2D eigenvalue weighted by Crippen LogP contribution is -2.37. The summed E-state index contributed by atoms with van der Waals surface area (Å²) in [6.45, 7) is 8.96. The highest BCUT2D eigenvalue weighted by atomic mass is 32.1. The lowest BCUT2D eigenvalue weighted by Gasteiger charge is -2.23. The molecule has 2 atom stereocenters. The Bertz CT molecular complexity index is 1680. The SMILES string of the molecule is Cc1ccc(/C=C/c2cnc(-c3ccc(C[C@H](CC(=O)c4ccc(C(C)(C)C)s4)C(=O)N4CC[C@H](C(=O)O)C4)cc3)nc2)cc1. The van der Waals surface area contributed by atoms with E-state index in [1.165, 1.54) is 16.9 Å². The molecular weight excluding hydrogens is 582 g/mol. The molecule has 2 aromatic heterocycles. The van der Waals surface area contributed by atoms with Crippen molar-refractivity contribution < 1.29 is 19.5 Å². The van der Waals surface area contributed by atoms with Crippen molar-refractivity contribution in [3.8, 4) is 11.4 Å². The summed E-state index contributed by atoms with van der Waals surface area (Å²) in [5.41, 5.74) is 4.92. The number of amides is 1. The molecule has 45 heavy (non-hydrogen) atoms. The smallest absolute Gasteiger partial charge is 0.308 e. The van der Waals surface area contributed by atoms with Gasteiger partial charge in [-0.3, -0.25) is 14.4 Å². The highest BCUT2D eigenvalue weighted by Crippen LogP contribution is 2.31. The molecule has 0 radical (unpaired) electrons. The monoisotopic (exact) mass is 621 g/mol. The van der Waals surface area contributed by atoms with Crippen molar-refractivity contribution in [1.29, 1.82) is 0 Å². The number of aromatic nitrogens is 2. The van der Waals surface area contributed by atoms with Crippen LogP contribution in [-0.4, -0.2) is 50.7 Å². The van der Waals surface area contributed by atoms with Crippen molar-refractivity contribution in [2.24, 2.45) is 11.8 Å². The van der Waals surface area contributed by atoms with Gasteiger partial charge in [-0.05, 0) is 48.4 Å². The number of benzene rings is 2. The predicted molar refractivity (Wildman–Crippen MR) is 179 cm³/mol. The molecule has 1 N–H and O–H groups in total. The van der Waals surface area contributed by atoms with Crippen LogP contribution in [0.4, 0.5) is 0 Å². The second-order valence-electron chi connectivity index (χ2n) is 12.8. The second kappa shape index (κ2) is 13.7. The number of ketones is 1. The lowest BCUT2D eigenvalue weighted by molar-refractivity contribution is -0.141. The van der Waals surface area contributed by atoms with Crippen LogP contribution in [0.25, 0.3) is 23.5 Å². The maximum atomic E-state index is 13.7. The van der Waals surface area contributed by atoms with Gasteiger partial charge in [-0.1, -0.05) is 87.0 Å². The van der Waals surface area contributed by atoms with Crippen LogP contribution in [0.15, 0.2) is 73.1 Å². The van der Waals surface area contributed by atoms with E-state index in [1.807, 2.05) is 48.6 Å². The number of carboxylic acids is 1. The third-order valence-electron chi connectivity index (χ3n) is 8.16. The highest BCUT2D eigenvalue weighted by molar-refractivity contribution is 7.14. The zero-order valence-corrected chi connectivity index (χ0v) is 27.0. The molecule has 4 aromatic rings. The zero-order valence-electron chi connectivity index (χ0n) is 26.2. The van der Waals surface area contributed by atoms with Crippen LogP contribution in [0, 0.1) is 18.8 Å². The number of aliphatic carboxylic acids is 1. The average Bonchev–Trinajstić information content (AvgIpc) is 3.72. The number of hydrogen-bond acceptors (Lipinski definition) is 6. The van der Waals surface area contributed by atoms with E-state index < -0.39 is 17.8 Å². The second-order valence-corrected chi connectivity index (χ2v) is 13.9. The molecule has 1 fully saturated rings. The predicted octanol–water partition coefficient (Wildman–Crippen LogP) is 7.35. The largest absolute Gasteiger partial charge is 0.481 e. The zero-order chi connectivity index (χ0) is 32.1. The Morgan fingerprint density at radius 2 is 1.62 bits per heavy atom. The molecular formula is C37H39N3O4S. The average molecular weight is 622 g/mol. The normalized spacial score (nSPS) is 15.8. The number of carboxylic acid groups (broad SMARTS) is 1. The van der Waals surface area contributed by atoms with Gasteiger partial charge in [0.15, 0.2) is 11.6 Å². The molecule has 1 saturated heterocycles. The fraction of sp³-hybridized carbons (Fsp3) is 0.324. The van der Waals surface area contributed by atoms with Gasteiger partial charge in [0.2, 0.25) is 5.91 Å². The van der Waals surface area contributed by atoms with E-state index in [4.69, 9.17) is 0 Å². The molecule has 5 rings (SSSR count). The summed E-state index contributed by atoms with van der Waals surface area (Å²) in [6, 6.07) is 19.9. The third-order valence-corrected chi connectivity index (χ3v) is 9.71. The van der Waals surface area contributed by atoms with Gasteiger partial charge in [-0.25, -0.2) is 9.97 Å². The Kier molecular flexibility index (Phi) is 9.73. The van der Waals surface area contributed by atoms with Crippen LogP contribution in [0.5, 0.6) is 0 Å². The first-order valence-corrected chi connectivity index (χ1v) is 16.1. The van der Waals surface area contributed by atoms with Crippen molar-refractivity contribution in [2.45, 2.75) is 52.4 Å². The lowest BCUT2D eigenvalue weighted by atomic mass is 9.92. The number of likely N-dealkylation sites (tertiary alicyclic amines) is 1. The quantitative estimate of drug-likeness (QED) is 0.186. The van der Waals surface area contributed by atoms with E-state index in [9.17, 15) is 19.5 Å². The van der Waals surface area contributed by atoms with E-state index in [1.54, 1.807) is 17.3 Å². The number of nitrogens with zero attached hydrogens (tertiary/aromatic N) is 3. The third kappa shape index (κ3) is 8.19. The molecule has 7 nitrogen and oxygen atoms in total. The van der Waals surface area contributed by atoms with Gasteiger partial charge < -0.3 is 10.0 Å². The molecule has 1 amide bonds. The molecule has 0 unspecified atom stereocenters. The summed E-state index contributed by atoms with van der Waals surface area (Å²) in [5, 5.41) is 9.46. The Balaban J connectivity index is 1.29. The van der Waals surface area contributed by atoms with Crippen LogP contribution < -0.4 is 0 Å². The number of rotatable bonds is 10. The highest BCUT2D eigenvalue weighted by Gasteiger charge is 2.35. The fourth-order valence-electron chi connectivity index (χ4n) is 5.40. The first-order chi connectivity index (χ1) is 21.5. The van der Waals surface area contributed by atoms with Crippen LogP contribution in [0.2, 0.25) is 0 Å². The van der Waals surface area contributed by atoms with Crippen LogP contribution in [0.3, 0.4) is 0 Å². The molecule has 3 heterocycles. The summed E-state index contributed by atoms with van der Waals surface area (Å²) in [7, 11) is 0. The summed E-state index contributed by atoms with van der Waals surface area (Å²) in [5.74, 6) is -1.68. The van der Waals surface area contributed by atoms with Crippen LogP contribution >= 0.6 is 11.3 Å². The minimum Gasteiger partial charge on any atom is -0.481 e. The molecule has 0 spiro atoms. The van der Waals surface area contributed by atoms with Crippen molar-refractivity contribution >= 4 is 41.1 Å². The Morgan fingerprint density at radius 3 is 2.22 bits per heavy atom. The van der Waals surface area contributed by atoms with Gasteiger partial charge >= 0.3 is 5.97 Å². The number of carbonyl (C=O) groups excluding carboxylic acids is 2. The fourth-order valence-corrected chi connectivity index (χ4v) is 6.41. The minimum atomic E-state index is -0.889. The van der Waals surface area contributed by atoms with Crippen molar-refractivity contribution in [3.63, 3.8) is 0 Å². The van der Waals surface area contributed by atoms with E-state index in [0.717, 1.165) is 27.1 Å². The maximum Gasteiger partial charge on any atom is 0.308 e. The van der Waals surface area contributed by atoms with Crippen LogP contribution in [0.1, 0.15) is 70.4 Å². The first-order valence-electron chi connectivity index (χ1n) is 15.3. The Morgan fingerprint density at radius 1 is 0.956 bits per heavy atom. The molecule has 0 saturated carbocycles. The number of Topliss-reactive ketones (excluding diaryl/α,β-unsaturated/α-hetero) is 1. The van der Waals surface area contributed by atoms with Gasteiger partial charge in [0.25, 0.3) is 0 Å². The van der Waals surface area contributed by atoms with Crippen molar-refractivity contribution in [2.75, 3.05) is 13.1 Å². The van der Waals surface area contributed by atoms with Gasteiger partial charge in [-0.2, -0.15) is 0 Å². The maximum absolute atomic E-state index is 13.7. The van der Waals surface area contributed by atoms with Crippen molar-refractivity contribution in [3.05, 3.63) is 105 Å². The number of hydrogen-bond donors (Lipinski definition) is 1. The topological polar surface area (TPSA) is 100 Å². The molecule has 232 valence electrons. The van der Waals surface area contributed by atoms with Gasteiger partial charge in [-0.15, -0.1) is 11.3 Å². The van der Waals surface area contributed by atoms with Gasteiger partial charge in [0.1, 0.15) is 0 Å². The van der Waals surface area contributed by atoms with E-state index in [-0.39, 0.29) is 30.1 Å². The Labute approximate surface area is 268 Å². The first kappa shape index (κ1) is 32.0. The number of thiophene rings is 1. The Hall–Kier alpha value is -4.43. The van der Waals surface area contributed by atoms with E-state index >= 15 is 0 Å². The minimum absolute atomic E-state index is 0.0654. The summed E-state index contributed by atoms with van der Waals surface area (Å²) < 4.78 is 0. The standard InChI is InChI=1S/C37H39N3O4S/c1-24-5-7-25(8-6-24)9-10-27-21-38-34(39-22-27)28-13-11-26(12-14-28)19-30(35(42)40-18-17-29(23-40)36(43)44)20-31(41)32-15-16-33(45-32)37(2,3)4/h5-16,21-22,29-30H,17-20,23H2,1-4H3,(H,43,44)/b10-9+/t29-,30+/m0/s1. The summed E-state index contributed by atoms with van der Waals surface area (Å²) in [4.78, 5) is 51.1. The van der Waals surface area contributed by atoms with Gasteiger partial charge in [0, 0.05) is 53.8 Å². The van der Waals surface area contributed by atoms with E-state index in [2.05, 4.69) is 61.9 Å². The molecule has 8 heteroatoms. The van der Waals surface area contributed by atoms with Crippen LogP contribution in [-0.2, 0) is 21.4 Å². The molecule has 2 aromatic carbocycles. The van der Waals surface area contributed by atoms with Gasteiger partial charge in [0.05, 0.1) is 10.8 Å². The number of aryl methyl sites for hydroxylation is 1. The summed E-state index contributed by atoms with van der Waals surface area (Å²) in [6.07, 6.45) is 8.46. The molecule has 0 bridgehead atoms. The van der Waals surface area contributed by atoms with Crippen molar-refractivity contribution in [1.82, 2.24) is 14.9 Å². The van der Waals surface area contributed by atoms with E-state index in [0.29, 0.717) is 30.1 Å².